The highest BCUT2D eigenvalue weighted by Crippen LogP contribution is 2.30. The van der Waals surface area contributed by atoms with Crippen molar-refractivity contribution in [2.45, 2.75) is 56.9 Å². The number of sulfonamides is 1. The summed E-state index contributed by atoms with van der Waals surface area (Å²) < 4.78 is 34.2. The lowest BCUT2D eigenvalue weighted by atomic mass is 9.94. The molecule has 2 N–H and O–H groups in total. The largest absolute Gasteiger partial charge is 0.483 e. The van der Waals surface area contributed by atoms with Crippen LogP contribution < -0.4 is 20.9 Å². The minimum atomic E-state index is -3.33. The molecule has 34 heavy (non-hydrogen) atoms. The summed E-state index contributed by atoms with van der Waals surface area (Å²) in [5.41, 5.74) is 6.81. The van der Waals surface area contributed by atoms with Crippen molar-refractivity contribution in [1.29, 1.82) is 0 Å². The second-order valence-corrected chi connectivity index (χ2v) is 12.1. The summed E-state index contributed by atoms with van der Waals surface area (Å²) in [6, 6.07) is 7.10. The highest BCUT2D eigenvalue weighted by atomic mass is 35.5. The van der Waals surface area contributed by atoms with Crippen LogP contribution in [-0.2, 0) is 10.0 Å². The molecule has 1 aliphatic heterocycles. The van der Waals surface area contributed by atoms with Crippen molar-refractivity contribution in [3.05, 3.63) is 45.8 Å². The zero-order valence-corrected chi connectivity index (χ0v) is 21.1. The summed E-state index contributed by atoms with van der Waals surface area (Å²) in [6.07, 6.45) is 4.76. The van der Waals surface area contributed by atoms with Gasteiger partial charge in [-0.05, 0) is 57.7 Å². The Balaban J connectivity index is 1.65. The Kier molecular flexibility index (Phi) is 7.51. The van der Waals surface area contributed by atoms with Crippen LogP contribution in [0.2, 0.25) is 5.02 Å². The molecule has 2 fully saturated rings. The Bertz CT molecular complexity index is 1170. The van der Waals surface area contributed by atoms with Crippen molar-refractivity contribution < 1.29 is 13.2 Å². The minimum Gasteiger partial charge on any atom is -0.483 e. The van der Waals surface area contributed by atoms with E-state index in [1.165, 1.54) is 8.99 Å². The molecule has 0 bridgehead atoms. The number of hydrogen-bond donors (Lipinski definition) is 1. The number of halogens is 1. The van der Waals surface area contributed by atoms with Gasteiger partial charge in [-0.3, -0.25) is 4.79 Å². The van der Waals surface area contributed by atoms with Gasteiger partial charge in [-0.25, -0.2) is 8.42 Å². The van der Waals surface area contributed by atoms with E-state index in [0.29, 0.717) is 42.6 Å². The molecule has 1 saturated heterocycles. The van der Waals surface area contributed by atoms with Gasteiger partial charge in [0.15, 0.2) is 0 Å². The molecule has 0 atom stereocenters. The van der Waals surface area contributed by atoms with E-state index in [1.54, 1.807) is 44.3 Å². The first-order valence-corrected chi connectivity index (χ1v) is 13.6. The molecule has 0 amide bonds. The topological polar surface area (TPSA) is 111 Å². The van der Waals surface area contributed by atoms with Crippen LogP contribution in [0.5, 0.6) is 5.75 Å². The Labute approximate surface area is 205 Å². The first-order valence-electron chi connectivity index (χ1n) is 11.7. The molecule has 1 aromatic carbocycles. The van der Waals surface area contributed by atoms with Crippen LogP contribution in [0.25, 0.3) is 5.69 Å². The van der Waals surface area contributed by atoms with Crippen molar-refractivity contribution in [1.82, 2.24) is 14.1 Å². The lowest BCUT2D eigenvalue weighted by Crippen LogP contribution is -2.50. The number of nitrogens with two attached hydrogens (primary N) is 1. The molecule has 186 valence electrons. The summed E-state index contributed by atoms with van der Waals surface area (Å²) in [5.74, 6) is 0.232. The molecule has 9 nitrogen and oxygen atoms in total. The van der Waals surface area contributed by atoms with Gasteiger partial charge < -0.3 is 15.4 Å². The predicted molar refractivity (Wildman–Crippen MR) is 134 cm³/mol. The number of ether oxygens (including phenoxy) is 1. The summed E-state index contributed by atoms with van der Waals surface area (Å²) >= 11 is 6.13. The van der Waals surface area contributed by atoms with Gasteiger partial charge >= 0.3 is 5.56 Å². The molecule has 1 saturated carbocycles. The third-order valence-corrected chi connectivity index (χ3v) is 9.02. The quantitative estimate of drug-likeness (QED) is 0.636. The van der Waals surface area contributed by atoms with Gasteiger partial charge in [-0.15, -0.1) is 0 Å². The normalized spacial score (nSPS) is 22.2. The summed E-state index contributed by atoms with van der Waals surface area (Å²) in [7, 11) is -3.33. The molecular weight excluding hydrogens is 478 g/mol. The van der Waals surface area contributed by atoms with E-state index < -0.39 is 15.3 Å². The van der Waals surface area contributed by atoms with Gasteiger partial charge in [0.05, 0.1) is 23.2 Å². The number of aromatic nitrogens is 2. The Morgan fingerprint density at radius 3 is 2.41 bits per heavy atom. The molecule has 4 rings (SSSR count). The van der Waals surface area contributed by atoms with E-state index in [9.17, 15) is 13.2 Å². The number of nitrogens with zero attached hydrogens (tertiary/aromatic N) is 4. The molecule has 0 spiro atoms. The van der Waals surface area contributed by atoms with Crippen molar-refractivity contribution >= 4 is 27.3 Å². The average Bonchev–Trinajstić information content (AvgIpc) is 2.81. The zero-order valence-electron chi connectivity index (χ0n) is 19.6. The molecule has 1 aromatic heterocycles. The van der Waals surface area contributed by atoms with Gasteiger partial charge in [0.25, 0.3) is 0 Å². The number of piperazine rings is 1. The smallest absolute Gasteiger partial charge is 0.316 e. The van der Waals surface area contributed by atoms with E-state index in [2.05, 4.69) is 5.10 Å². The fraction of sp³-hybridized carbons (Fsp3) is 0.565. The van der Waals surface area contributed by atoms with Gasteiger partial charge in [0.2, 0.25) is 15.8 Å². The van der Waals surface area contributed by atoms with Crippen molar-refractivity contribution in [3.8, 4) is 11.4 Å². The maximum Gasteiger partial charge on any atom is 0.316 e. The van der Waals surface area contributed by atoms with E-state index in [-0.39, 0.29) is 23.5 Å². The molecule has 2 aliphatic rings. The Morgan fingerprint density at radius 1 is 1.12 bits per heavy atom. The van der Waals surface area contributed by atoms with E-state index in [1.807, 2.05) is 4.90 Å². The number of hydrogen-bond acceptors (Lipinski definition) is 7. The molecule has 2 heterocycles. The van der Waals surface area contributed by atoms with Gasteiger partial charge in [-0.2, -0.15) is 14.1 Å². The zero-order chi connectivity index (χ0) is 24.5. The van der Waals surface area contributed by atoms with Crippen LogP contribution in [0, 0.1) is 0 Å². The number of rotatable bonds is 6. The predicted octanol–water partition coefficient (Wildman–Crippen LogP) is 2.39. The molecule has 11 heteroatoms. The van der Waals surface area contributed by atoms with Gasteiger partial charge in [0, 0.05) is 37.2 Å². The van der Waals surface area contributed by atoms with Gasteiger partial charge in [0.1, 0.15) is 5.69 Å². The van der Waals surface area contributed by atoms with Crippen LogP contribution in [0.4, 0.5) is 5.69 Å². The Morgan fingerprint density at radius 2 is 1.79 bits per heavy atom. The third-order valence-electron chi connectivity index (χ3n) is 6.51. The van der Waals surface area contributed by atoms with Crippen molar-refractivity contribution in [2.75, 3.05) is 31.1 Å². The second kappa shape index (κ2) is 10.2. The number of benzene rings is 1. The van der Waals surface area contributed by atoms with E-state index in [0.717, 1.165) is 25.7 Å². The van der Waals surface area contributed by atoms with Crippen molar-refractivity contribution in [3.63, 3.8) is 0 Å². The highest BCUT2D eigenvalue weighted by Gasteiger charge is 2.32. The fourth-order valence-corrected chi connectivity index (χ4v) is 5.86. The average molecular weight is 510 g/mol. The van der Waals surface area contributed by atoms with E-state index >= 15 is 0 Å². The minimum absolute atomic E-state index is 0.107. The van der Waals surface area contributed by atoms with Gasteiger partial charge in [-0.1, -0.05) is 17.7 Å². The standard InChI is InChI=1S/C23H32ClN5O4S/c1-16(2)34(31,32)28-12-10-27(11-13-28)21-15-26-29(19-5-3-4-17(24)14-19)23(30)22(21)33-20-8-6-18(25)7-9-20/h3-5,14-16,18,20H,6-13,25H2,1-2H3. The summed E-state index contributed by atoms with van der Waals surface area (Å²) in [4.78, 5) is 15.5. The molecule has 2 aromatic rings. The van der Waals surface area contributed by atoms with Crippen LogP contribution in [0.3, 0.4) is 0 Å². The fourth-order valence-electron chi connectivity index (χ4n) is 4.41. The first-order chi connectivity index (χ1) is 16.2. The lowest BCUT2D eigenvalue weighted by molar-refractivity contribution is 0.144. The molecule has 1 aliphatic carbocycles. The third kappa shape index (κ3) is 5.25. The van der Waals surface area contributed by atoms with Crippen LogP contribution >= 0.6 is 11.6 Å². The maximum absolute atomic E-state index is 13.6. The highest BCUT2D eigenvalue weighted by molar-refractivity contribution is 7.89. The van der Waals surface area contributed by atoms with Crippen molar-refractivity contribution in [2.24, 2.45) is 5.73 Å². The molecule has 0 radical (unpaired) electrons. The monoisotopic (exact) mass is 509 g/mol. The molecular formula is C23H32ClN5O4S. The molecule has 0 unspecified atom stereocenters. The van der Waals surface area contributed by atoms with Crippen LogP contribution in [0.1, 0.15) is 39.5 Å². The lowest BCUT2D eigenvalue weighted by Gasteiger charge is -2.37. The summed E-state index contributed by atoms with van der Waals surface area (Å²) in [5, 5.41) is 4.43. The second-order valence-electron chi connectivity index (χ2n) is 9.19. The maximum atomic E-state index is 13.6. The van der Waals surface area contributed by atoms with Crippen LogP contribution in [0.15, 0.2) is 35.3 Å². The number of anilines is 1. The Hall–Kier alpha value is -2.14. The van der Waals surface area contributed by atoms with E-state index in [4.69, 9.17) is 22.1 Å². The SMILES string of the molecule is CC(C)S(=O)(=O)N1CCN(c2cnn(-c3cccc(Cl)c3)c(=O)c2OC2CCC(N)CC2)CC1. The first kappa shape index (κ1) is 25.0. The summed E-state index contributed by atoms with van der Waals surface area (Å²) in [6.45, 7) is 4.94. The van der Waals surface area contributed by atoms with Crippen LogP contribution in [-0.4, -0.2) is 66.1 Å².